The molecule has 2 amide bonds. The zero-order valence-corrected chi connectivity index (χ0v) is 14.9. The fourth-order valence-electron chi connectivity index (χ4n) is 3.44. The van der Waals surface area contributed by atoms with E-state index in [1.165, 1.54) is 24.2 Å². The number of rotatable bonds is 5. The Morgan fingerprint density at radius 3 is 2.68 bits per heavy atom. The molecule has 0 atom stereocenters. The summed E-state index contributed by atoms with van der Waals surface area (Å²) in [6.45, 7) is 1.88. The van der Waals surface area contributed by atoms with Crippen LogP contribution in [0.25, 0.3) is 0 Å². The zero-order chi connectivity index (χ0) is 17.3. The number of thiophene rings is 1. The molecule has 1 saturated heterocycles. The molecule has 3 heterocycles. The van der Waals surface area contributed by atoms with E-state index in [4.69, 9.17) is 0 Å². The Balaban J connectivity index is 1.49. The lowest BCUT2D eigenvalue weighted by Gasteiger charge is -2.40. The van der Waals surface area contributed by atoms with Crippen molar-refractivity contribution in [3.8, 4) is 0 Å². The molecule has 7 heteroatoms. The maximum Gasteiger partial charge on any atom is 0.263 e. The Bertz CT molecular complexity index is 729. The molecule has 0 spiro atoms. The van der Waals surface area contributed by atoms with Crippen LogP contribution in [0.2, 0.25) is 0 Å². The van der Waals surface area contributed by atoms with Crippen LogP contribution in [0.15, 0.2) is 36.0 Å². The molecule has 2 aromatic heterocycles. The highest BCUT2D eigenvalue weighted by atomic mass is 32.1. The molecule has 0 aromatic carbocycles. The molecule has 25 heavy (non-hydrogen) atoms. The maximum absolute atomic E-state index is 13.0. The van der Waals surface area contributed by atoms with Gasteiger partial charge in [0.2, 0.25) is 5.91 Å². The summed E-state index contributed by atoms with van der Waals surface area (Å²) in [5.74, 6) is 0.730. The van der Waals surface area contributed by atoms with Gasteiger partial charge in [0.15, 0.2) is 0 Å². The summed E-state index contributed by atoms with van der Waals surface area (Å²) in [4.78, 5) is 28.2. The summed E-state index contributed by atoms with van der Waals surface area (Å²) in [6, 6.07) is 5.59. The molecule has 1 N–H and O–H groups in total. The zero-order valence-electron chi connectivity index (χ0n) is 14.1. The Labute approximate surface area is 150 Å². The summed E-state index contributed by atoms with van der Waals surface area (Å²) in [7, 11) is 0. The average molecular weight is 358 g/mol. The van der Waals surface area contributed by atoms with Gasteiger partial charge in [0.05, 0.1) is 4.88 Å². The summed E-state index contributed by atoms with van der Waals surface area (Å²) >= 11 is 1.46. The molecule has 2 aromatic rings. The van der Waals surface area contributed by atoms with Crippen LogP contribution in [0.3, 0.4) is 0 Å². The van der Waals surface area contributed by atoms with Crippen molar-refractivity contribution in [2.24, 2.45) is 5.92 Å². The monoisotopic (exact) mass is 358 g/mol. The van der Waals surface area contributed by atoms with Gasteiger partial charge in [-0.05, 0) is 49.1 Å². The predicted molar refractivity (Wildman–Crippen MR) is 95.4 cm³/mol. The minimum absolute atomic E-state index is 0.0336. The first kappa shape index (κ1) is 16.3. The first-order valence-electron chi connectivity index (χ1n) is 8.80. The molecule has 1 aliphatic carbocycles. The first-order chi connectivity index (χ1) is 12.2. The molecule has 132 valence electrons. The quantitative estimate of drug-likeness (QED) is 0.890. The van der Waals surface area contributed by atoms with E-state index in [0.29, 0.717) is 31.8 Å². The number of carbonyl (C=O) groups is 2. The van der Waals surface area contributed by atoms with Crippen molar-refractivity contribution in [3.63, 3.8) is 0 Å². The Morgan fingerprint density at radius 2 is 2.08 bits per heavy atom. The van der Waals surface area contributed by atoms with Crippen LogP contribution in [0.5, 0.6) is 0 Å². The largest absolute Gasteiger partial charge is 0.354 e. The molecule has 0 unspecified atom stereocenters. The number of amides is 2. The van der Waals surface area contributed by atoms with Crippen LogP contribution < -0.4 is 5.32 Å². The van der Waals surface area contributed by atoms with Gasteiger partial charge in [0, 0.05) is 32.0 Å². The van der Waals surface area contributed by atoms with Gasteiger partial charge in [-0.15, -0.1) is 11.3 Å². The van der Waals surface area contributed by atoms with E-state index in [9.17, 15) is 9.59 Å². The molecule has 6 nitrogen and oxygen atoms in total. The molecule has 2 aliphatic rings. The van der Waals surface area contributed by atoms with Gasteiger partial charge < -0.3 is 10.2 Å². The molecule has 2 fully saturated rings. The van der Waals surface area contributed by atoms with Crippen molar-refractivity contribution in [2.75, 3.05) is 19.6 Å². The lowest BCUT2D eigenvalue weighted by Crippen LogP contribution is -2.56. The van der Waals surface area contributed by atoms with Gasteiger partial charge in [0.25, 0.3) is 5.91 Å². The van der Waals surface area contributed by atoms with Gasteiger partial charge in [-0.25, -0.2) is 0 Å². The number of nitrogens with zero attached hydrogens (tertiary/aromatic N) is 3. The molecular weight excluding hydrogens is 336 g/mol. The third-order valence-electron chi connectivity index (χ3n) is 5.22. The van der Waals surface area contributed by atoms with Crippen LogP contribution in [0, 0.1) is 5.92 Å². The van der Waals surface area contributed by atoms with Crippen LogP contribution in [0.4, 0.5) is 0 Å². The topological polar surface area (TPSA) is 67.2 Å². The van der Waals surface area contributed by atoms with E-state index in [2.05, 4.69) is 10.4 Å². The second-order valence-corrected chi connectivity index (χ2v) is 7.85. The van der Waals surface area contributed by atoms with Crippen molar-refractivity contribution < 1.29 is 9.59 Å². The van der Waals surface area contributed by atoms with Crippen molar-refractivity contribution in [2.45, 2.75) is 31.2 Å². The fraction of sp³-hybridized carbons (Fsp3) is 0.500. The summed E-state index contributed by atoms with van der Waals surface area (Å²) in [6.07, 6.45) is 7.15. The highest BCUT2D eigenvalue weighted by Gasteiger charge is 2.45. The lowest BCUT2D eigenvalue weighted by molar-refractivity contribution is -0.133. The molecular formula is C18H22N4O2S. The summed E-state index contributed by atoms with van der Waals surface area (Å²) in [5, 5.41) is 9.38. The molecule has 0 radical (unpaired) electrons. The van der Waals surface area contributed by atoms with Gasteiger partial charge >= 0.3 is 0 Å². The van der Waals surface area contributed by atoms with E-state index in [1.807, 2.05) is 34.7 Å². The maximum atomic E-state index is 13.0. The number of hydrogen-bond donors (Lipinski definition) is 1. The Kier molecular flexibility index (Phi) is 4.33. The number of carbonyl (C=O) groups excluding carboxylic acids is 2. The summed E-state index contributed by atoms with van der Waals surface area (Å²) in [5.41, 5.74) is -0.690. The molecule has 1 saturated carbocycles. The fourth-order valence-corrected chi connectivity index (χ4v) is 4.13. The van der Waals surface area contributed by atoms with Crippen LogP contribution in [-0.2, 0) is 10.3 Å². The van der Waals surface area contributed by atoms with Crippen LogP contribution in [-0.4, -0.2) is 46.1 Å². The third-order valence-corrected chi connectivity index (χ3v) is 6.08. The van der Waals surface area contributed by atoms with Crippen molar-refractivity contribution >= 4 is 23.2 Å². The lowest BCUT2D eigenvalue weighted by atomic mass is 9.86. The molecule has 1 aliphatic heterocycles. The SMILES string of the molecule is O=C(c1cccs1)N1CCC(C(=O)NCC2CC2)(n2cccn2)CC1. The number of likely N-dealkylation sites (tertiary alicyclic amines) is 1. The van der Waals surface area contributed by atoms with E-state index < -0.39 is 5.54 Å². The number of nitrogens with one attached hydrogen (secondary N) is 1. The first-order valence-corrected chi connectivity index (χ1v) is 9.68. The van der Waals surface area contributed by atoms with E-state index in [0.717, 1.165) is 11.4 Å². The van der Waals surface area contributed by atoms with Gasteiger partial charge in [-0.1, -0.05) is 6.07 Å². The average Bonchev–Trinajstić information content (AvgIpc) is 3.09. The van der Waals surface area contributed by atoms with Crippen molar-refractivity contribution in [1.82, 2.24) is 20.0 Å². The van der Waals surface area contributed by atoms with E-state index in [1.54, 1.807) is 10.9 Å². The standard InChI is InChI=1S/C18H22N4O2S/c23-16(15-3-1-12-25-15)21-10-6-18(7-11-21,22-9-2-8-20-22)17(24)19-13-14-4-5-14/h1-3,8-9,12,14H,4-7,10-11,13H2,(H,19,24). The minimum atomic E-state index is -0.690. The summed E-state index contributed by atoms with van der Waals surface area (Å²) < 4.78 is 1.78. The second kappa shape index (κ2) is 6.63. The smallest absolute Gasteiger partial charge is 0.263 e. The van der Waals surface area contributed by atoms with E-state index >= 15 is 0 Å². The normalized spacial score (nSPS) is 19.6. The Hall–Kier alpha value is -2.15. The van der Waals surface area contributed by atoms with Crippen LogP contribution in [0.1, 0.15) is 35.4 Å². The van der Waals surface area contributed by atoms with Crippen molar-refractivity contribution in [3.05, 3.63) is 40.8 Å². The molecule has 4 rings (SSSR count). The highest BCUT2D eigenvalue weighted by molar-refractivity contribution is 7.12. The van der Waals surface area contributed by atoms with Gasteiger partial charge in [-0.3, -0.25) is 14.3 Å². The minimum Gasteiger partial charge on any atom is -0.354 e. The van der Waals surface area contributed by atoms with Crippen LogP contribution >= 0.6 is 11.3 Å². The Morgan fingerprint density at radius 1 is 1.28 bits per heavy atom. The molecule has 0 bridgehead atoms. The van der Waals surface area contributed by atoms with Gasteiger partial charge in [0.1, 0.15) is 5.54 Å². The van der Waals surface area contributed by atoms with E-state index in [-0.39, 0.29) is 11.8 Å². The number of piperidine rings is 1. The third kappa shape index (κ3) is 3.20. The van der Waals surface area contributed by atoms with Crippen molar-refractivity contribution in [1.29, 1.82) is 0 Å². The predicted octanol–water partition coefficient (Wildman–Crippen LogP) is 2.10. The van der Waals surface area contributed by atoms with Gasteiger partial charge in [-0.2, -0.15) is 5.10 Å². The second-order valence-electron chi connectivity index (χ2n) is 6.91. The highest BCUT2D eigenvalue weighted by Crippen LogP contribution is 2.32. The number of hydrogen-bond acceptors (Lipinski definition) is 4. The number of aromatic nitrogens is 2.